The third kappa shape index (κ3) is 4.71. The largest absolute Gasteiger partial charge is 0.481 e. The Morgan fingerprint density at radius 2 is 2.08 bits per heavy atom. The van der Waals surface area contributed by atoms with Gasteiger partial charge in [0, 0.05) is 17.3 Å². The minimum Gasteiger partial charge on any atom is -0.481 e. The number of anilines is 1. The van der Waals surface area contributed by atoms with Crippen LogP contribution < -0.4 is 5.32 Å². The summed E-state index contributed by atoms with van der Waals surface area (Å²) < 4.78 is 6.85. The second-order valence-corrected chi connectivity index (χ2v) is 6.70. The van der Waals surface area contributed by atoms with Gasteiger partial charge < -0.3 is 9.84 Å². The average Bonchev–Trinajstić information content (AvgIpc) is 2.83. The number of nitrogens with one attached hydrogen (secondary N) is 1. The van der Waals surface area contributed by atoms with Crippen LogP contribution in [0.4, 0.5) is 10.5 Å². The molecule has 0 aliphatic carbocycles. The fourth-order valence-electron chi connectivity index (χ4n) is 2.28. The molecule has 0 saturated carbocycles. The molecule has 1 aromatic carbocycles. The Morgan fingerprint density at radius 3 is 2.67 bits per heavy atom. The van der Waals surface area contributed by atoms with E-state index in [0.717, 1.165) is 10.9 Å². The molecule has 0 spiro atoms. The standard InChI is InChI=1S/C17H23N3O4/c1-5-11(15(21)22)9-20-10-12-8-13(6-7-14(12)19-20)18-16(23)24-17(2,3)4/h6-8,10-11H,5,9H2,1-4H3,(H,18,23)(H,21,22). The van der Waals surface area contributed by atoms with E-state index in [1.165, 1.54) is 0 Å². The number of fused-ring (bicyclic) bond motifs is 1. The van der Waals surface area contributed by atoms with E-state index in [2.05, 4.69) is 10.4 Å². The van der Waals surface area contributed by atoms with Crippen LogP contribution in [0.1, 0.15) is 34.1 Å². The lowest BCUT2D eigenvalue weighted by atomic mass is 10.1. The number of benzene rings is 1. The van der Waals surface area contributed by atoms with E-state index in [0.29, 0.717) is 18.7 Å². The molecule has 0 bridgehead atoms. The minimum atomic E-state index is -0.829. The summed E-state index contributed by atoms with van der Waals surface area (Å²) in [5.74, 6) is -1.30. The number of hydrogen-bond donors (Lipinski definition) is 2. The van der Waals surface area contributed by atoms with Crippen molar-refractivity contribution < 1.29 is 19.4 Å². The molecular formula is C17H23N3O4. The van der Waals surface area contributed by atoms with Gasteiger partial charge in [0.1, 0.15) is 5.60 Å². The van der Waals surface area contributed by atoms with Crippen molar-refractivity contribution in [2.24, 2.45) is 5.92 Å². The van der Waals surface area contributed by atoms with Gasteiger partial charge >= 0.3 is 12.1 Å². The summed E-state index contributed by atoms with van der Waals surface area (Å²) in [6.07, 6.45) is 1.80. The molecule has 0 fully saturated rings. The van der Waals surface area contributed by atoms with Crippen molar-refractivity contribution in [1.29, 1.82) is 0 Å². The van der Waals surface area contributed by atoms with Gasteiger partial charge in [0.15, 0.2) is 0 Å². The maximum Gasteiger partial charge on any atom is 0.412 e. The van der Waals surface area contributed by atoms with Gasteiger partial charge in [0.25, 0.3) is 0 Å². The van der Waals surface area contributed by atoms with Crippen molar-refractivity contribution in [1.82, 2.24) is 9.78 Å². The van der Waals surface area contributed by atoms with E-state index in [4.69, 9.17) is 9.84 Å². The van der Waals surface area contributed by atoms with Gasteiger partial charge in [-0.2, -0.15) is 5.10 Å². The van der Waals surface area contributed by atoms with Gasteiger partial charge in [0.05, 0.1) is 18.0 Å². The molecule has 0 aliphatic rings. The van der Waals surface area contributed by atoms with Crippen LogP contribution in [0, 0.1) is 5.92 Å². The van der Waals surface area contributed by atoms with Crippen LogP contribution in [0.15, 0.2) is 24.4 Å². The first-order valence-corrected chi connectivity index (χ1v) is 7.88. The van der Waals surface area contributed by atoms with E-state index in [-0.39, 0.29) is 0 Å². The lowest BCUT2D eigenvalue weighted by Gasteiger charge is -2.19. The van der Waals surface area contributed by atoms with E-state index < -0.39 is 23.6 Å². The predicted molar refractivity (Wildman–Crippen MR) is 91.0 cm³/mol. The van der Waals surface area contributed by atoms with Crippen LogP contribution >= 0.6 is 0 Å². The number of carbonyl (C=O) groups is 2. The van der Waals surface area contributed by atoms with E-state index in [1.807, 2.05) is 6.92 Å². The maximum absolute atomic E-state index is 11.8. The number of carboxylic acid groups (broad SMARTS) is 1. The Hall–Kier alpha value is -2.57. The minimum absolute atomic E-state index is 0.315. The molecule has 0 saturated heterocycles. The number of carboxylic acids is 1. The number of hydrogen-bond acceptors (Lipinski definition) is 4. The van der Waals surface area contributed by atoms with Crippen LogP contribution in [0.5, 0.6) is 0 Å². The topological polar surface area (TPSA) is 93.5 Å². The summed E-state index contributed by atoms with van der Waals surface area (Å²) in [6.45, 7) is 7.55. The van der Waals surface area contributed by atoms with Crippen molar-refractivity contribution in [2.75, 3.05) is 5.32 Å². The summed E-state index contributed by atoms with van der Waals surface area (Å²) in [7, 11) is 0. The average molecular weight is 333 g/mol. The second-order valence-electron chi connectivity index (χ2n) is 6.70. The maximum atomic E-state index is 11.8. The Kier molecular flexibility index (Phi) is 5.11. The number of ether oxygens (including phenoxy) is 1. The van der Waals surface area contributed by atoms with E-state index in [1.54, 1.807) is 49.8 Å². The van der Waals surface area contributed by atoms with E-state index >= 15 is 0 Å². The van der Waals surface area contributed by atoms with Crippen molar-refractivity contribution in [3.8, 4) is 0 Å². The van der Waals surface area contributed by atoms with Crippen molar-refractivity contribution in [2.45, 2.75) is 46.3 Å². The zero-order chi connectivity index (χ0) is 17.9. The van der Waals surface area contributed by atoms with Gasteiger partial charge in [-0.25, -0.2) is 4.79 Å². The van der Waals surface area contributed by atoms with Gasteiger partial charge in [-0.15, -0.1) is 0 Å². The normalized spacial score (nSPS) is 12.8. The van der Waals surface area contributed by atoms with Crippen molar-refractivity contribution in [3.05, 3.63) is 24.4 Å². The molecule has 1 aromatic heterocycles. The quantitative estimate of drug-likeness (QED) is 0.873. The summed E-state index contributed by atoms with van der Waals surface area (Å²) in [5.41, 5.74) is 0.775. The molecule has 2 N–H and O–H groups in total. The molecule has 24 heavy (non-hydrogen) atoms. The molecule has 1 unspecified atom stereocenters. The molecule has 7 nitrogen and oxygen atoms in total. The smallest absolute Gasteiger partial charge is 0.412 e. The van der Waals surface area contributed by atoms with Gasteiger partial charge in [0.2, 0.25) is 0 Å². The lowest BCUT2D eigenvalue weighted by Crippen LogP contribution is -2.27. The molecule has 2 rings (SSSR count). The van der Waals surface area contributed by atoms with Crippen LogP contribution in [0.25, 0.3) is 10.9 Å². The number of carbonyl (C=O) groups excluding carboxylic acids is 1. The summed E-state index contributed by atoms with van der Waals surface area (Å²) >= 11 is 0. The zero-order valence-electron chi connectivity index (χ0n) is 14.4. The molecule has 130 valence electrons. The second kappa shape index (κ2) is 6.90. The predicted octanol–water partition coefficient (Wildman–Crippen LogP) is 3.49. The van der Waals surface area contributed by atoms with Crippen LogP contribution in [0.3, 0.4) is 0 Å². The highest BCUT2D eigenvalue weighted by atomic mass is 16.6. The monoisotopic (exact) mass is 333 g/mol. The molecule has 1 heterocycles. The highest BCUT2D eigenvalue weighted by molar-refractivity contribution is 5.89. The Labute approximate surface area is 140 Å². The number of rotatable bonds is 5. The Morgan fingerprint density at radius 1 is 1.38 bits per heavy atom. The van der Waals surface area contributed by atoms with E-state index in [9.17, 15) is 9.59 Å². The number of aliphatic carboxylic acids is 1. The Balaban J connectivity index is 2.14. The summed E-state index contributed by atoms with van der Waals surface area (Å²) in [6, 6.07) is 5.29. The first-order chi connectivity index (χ1) is 11.2. The molecule has 0 aliphatic heterocycles. The third-order valence-corrected chi connectivity index (χ3v) is 3.45. The fraction of sp³-hybridized carbons (Fsp3) is 0.471. The zero-order valence-corrected chi connectivity index (χ0v) is 14.4. The third-order valence-electron chi connectivity index (χ3n) is 3.45. The van der Waals surface area contributed by atoms with Gasteiger partial charge in [-0.05, 0) is 45.4 Å². The lowest BCUT2D eigenvalue weighted by molar-refractivity contribution is -0.142. The molecule has 1 atom stereocenters. The molecule has 0 radical (unpaired) electrons. The molecule has 7 heteroatoms. The van der Waals surface area contributed by atoms with Crippen LogP contribution in [-0.2, 0) is 16.1 Å². The first kappa shape index (κ1) is 17.8. The van der Waals surface area contributed by atoms with Crippen molar-refractivity contribution in [3.63, 3.8) is 0 Å². The number of aromatic nitrogens is 2. The van der Waals surface area contributed by atoms with Crippen LogP contribution in [0.2, 0.25) is 0 Å². The van der Waals surface area contributed by atoms with Gasteiger partial charge in [-0.3, -0.25) is 14.8 Å². The van der Waals surface area contributed by atoms with Crippen molar-refractivity contribution >= 4 is 28.7 Å². The molecule has 1 amide bonds. The van der Waals surface area contributed by atoms with Crippen LogP contribution in [-0.4, -0.2) is 32.6 Å². The van der Waals surface area contributed by atoms with Gasteiger partial charge in [-0.1, -0.05) is 6.92 Å². The number of amides is 1. The molecule has 2 aromatic rings. The molecular weight excluding hydrogens is 310 g/mol. The SMILES string of the molecule is CCC(Cn1cc2cc(NC(=O)OC(C)(C)C)ccc2n1)C(=O)O. The fourth-order valence-corrected chi connectivity index (χ4v) is 2.28. The first-order valence-electron chi connectivity index (χ1n) is 7.88. The number of nitrogens with zero attached hydrogens (tertiary/aromatic N) is 2. The highest BCUT2D eigenvalue weighted by Crippen LogP contribution is 2.20. The summed E-state index contributed by atoms with van der Waals surface area (Å²) in [5, 5.41) is 17.0. The highest BCUT2D eigenvalue weighted by Gasteiger charge is 2.18. The summed E-state index contributed by atoms with van der Waals surface area (Å²) in [4.78, 5) is 22.9. The Bertz CT molecular complexity index is 746.